The fourth-order valence-electron chi connectivity index (χ4n) is 18.5. The van der Waals surface area contributed by atoms with Gasteiger partial charge in [-0.15, -0.1) is 0 Å². The van der Waals surface area contributed by atoms with Gasteiger partial charge in [0.25, 0.3) is 0 Å². The quantitative estimate of drug-likeness (QED) is 0.0320. The van der Waals surface area contributed by atoms with Gasteiger partial charge < -0.3 is 143 Å². The third kappa shape index (κ3) is 12.3. The number of carbonyl (C=O) groups excluding carboxylic acids is 2. The maximum atomic E-state index is 15.5. The van der Waals surface area contributed by atoms with Crippen LogP contribution in [0.15, 0.2) is 11.6 Å². The van der Waals surface area contributed by atoms with Gasteiger partial charge in [-0.05, 0) is 111 Å². The monoisotopic (exact) mass is 1350 g/mol. The van der Waals surface area contributed by atoms with Crippen LogP contribution in [0.4, 0.5) is 0 Å². The first kappa shape index (κ1) is 72.6. The van der Waals surface area contributed by atoms with Crippen molar-refractivity contribution in [2.45, 2.75) is 285 Å². The van der Waals surface area contributed by atoms with Gasteiger partial charge in [-0.25, -0.2) is 4.79 Å². The number of aldehydes is 1. The van der Waals surface area contributed by atoms with E-state index in [0.29, 0.717) is 57.8 Å². The predicted molar refractivity (Wildman–Crippen MR) is 310 cm³/mol. The van der Waals surface area contributed by atoms with E-state index in [1.165, 1.54) is 6.92 Å². The molecule has 6 saturated heterocycles. The Bertz CT molecular complexity index is 2730. The Hall–Kier alpha value is -2.69. The summed E-state index contributed by atoms with van der Waals surface area (Å²) in [7, 11) is 0. The smallest absolute Gasteiger partial charge is 0.335 e. The maximum absolute atomic E-state index is 15.5. The van der Waals surface area contributed by atoms with Crippen molar-refractivity contribution in [2.75, 3.05) is 26.4 Å². The zero-order chi connectivity index (χ0) is 68.4. The summed E-state index contributed by atoms with van der Waals surface area (Å²) >= 11 is 0. The SMILES string of the molecule is C[C@H]1O[C@@H](O[C@H]2[C@H](OC(=O)[C@]34CCC(C)(C)CC3C3=CCC5[C@@]6(C)CC[C@H](O[C@@H]7O[C@H](C(=O)O)[C@@H](O)[C@H](O)[C@H]7O[C@@H]7O[C@H](CO)[C@H](O)[C@H](O)[C@H]7O)[C@@](C)(C=O)C6CC[C@@]5(C)[C@]3(C)CC4)OC[C@@H](O)[C@@H]2O)[C@H](O)[C@H](O)[C@H]1O[C@@H]1OC[C@H](O)[C@H](O[C@@H]2OC[C@H](O)[C@H](O)[C@H]2O)[C@H]1O. The highest BCUT2D eigenvalue weighted by Crippen LogP contribution is 2.76. The molecule has 11 aliphatic rings. The van der Waals surface area contributed by atoms with E-state index in [0.717, 1.165) is 11.9 Å². The largest absolute Gasteiger partial charge is 0.479 e. The number of esters is 1. The molecule has 36 atom stereocenters. The van der Waals surface area contributed by atoms with Crippen LogP contribution in [-0.2, 0) is 71.2 Å². The molecule has 0 spiro atoms. The lowest BCUT2D eigenvalue weighted by Gasteiger charge is -2.71. The van der Waals surface area contributed by atoms with E-state index in [1.807, 2.05) is 0 Å². The van der Waals surface area contributed by atoms with Gasteiger partial charge in [0, 0.05) is 0 Å². The molecule has 31 nitrogen and oxygen atoms in total. The minimum Gasteiger partial charge on any atom is -0.479 e. The molecule has 6 heterocycles. The first-order valence-corrected chi connectivity index (χ1v) is 32.9. The average Bonchev–Trinajstić information content (AvgIpc) is 0.674. The Morgan fingerprint density at radius 1 is 0.543 bits per heavy atom. The van der Waals surface area contributed by atoms with Crippen molar-refractivity contribution in [3.05, 3.63) is 11.6 Å². The molecular weight excluding hydrogens is 1250 g/mol. The Morgan fingerprint density at radius 2 is 1.11 bits per heavy atom. The zero-order valence-electron chi connectivity index (χ0n) is 53.7. The van der Waals surface area contributed by atoms with Gasteiger partial charge >= 0.3 is 11.9 Å². The summed E-state index contributed by atoms with van der Waals surface area (Å²) < 4.78 is 70.8. The summed E-state index contributed by atoms with van der Waals surface area (Å²) in [5.41, 5.74) is -2.98. The number of aliphatic hydroxyl groups is 15. The number of aliphatic hydroxyl groups excluding tert-OH is 15. The van der Waals surface area contributed by atoms with Crippen molar-refractivity contribution < 1.29 is 153 Å². The van der Waals surface area contributed by atoms with Crippen LogP contribution in [0, 0.1) is 50.2 Å². The first-order valence-electron chi connectivity index (χ1n) is 32.9. The summed E-state index contributed by atoms with van der Waals surface area (Å²) in [6.07, 6.45) is -39.4. The van der Waals surface area contributed by atoms with Crippen LogP contribution in [-0.4, -0.2) is 298 Å². The highest BCUT2D eigenvalue weighted by molar-refractivity contribution is 5.79. The number of rotatable bonds is 15. The summed E-state index contributed by atoms with van der Waals surface area (Å²) in [6.45, 7) is 12.1. The predicted octanol–water partition coefficient (Wildman–Crippen LogP) is -4.17. The van der Waals surface area contributed by atoms with Crippen molar-refractivity contribution in [1.82, 2.24) is 0 Å². The summed E-state index contributed by atoms with van der Waals surface area (Å²) in [5.74, 6) is -3.00. The topological polar surface area (TPSA) is 486 Å². The molecule has 31 heteroatoms. The van der Waals surface area contributed by atoms with Gasteiger partial charge in [0.15, 0.2) is 43.7 Å². The minimum atomic E-state index is -2.09. The summed E-state index contributed by atoms with van der Waals surface area (Å²) in [5, 5.41) is 172. The van der Waals surface area contributed by atoms with Crippen LogP contribution >= 0.6 is 0 Å². The molecule has 10 fully saturated rings. The van der Waals surface area contributed by atoms with Gasteiger partial charge in [-0.3, -0.25) is 4.79 Å². The lowest BCUT2D eigenvalue weighted by atomic mass is 9.33. The summed E-state index contributed by atoms with van der Waals surface area (Å²) in [4.78, 5) is 41.8. The first-order chi connectivity index (χ1) is 44.1. The number of carbonyl (C=O) groups is 3. The number of carboxylic acids is 1. The lowest BCUT2D eigenvalue weighted by molar-refractivity contribution is -0.375. The molecule has 94 heavy (non-hydrogen) atoms. The fourth-order valence-corrected chi connectivity index (χ4v) is 18.5. The molecule has 536 valence electrons. The van der Waals surface area contributed by atoms with Crippen molar-refractivity contribution in [3.63, 3.8) is 0 Å². The molecule has 3 unspecified atom stereocenters. The van der Waals surface area contributed by atoms with Gasteiger partial charge in [0.2, 0.25) is 6.29 Å². The third-order valence-corrected chi connectivity index (χ3v) is 24.4. The Kier molecular flexibility index (Phi) is 20.8. The van der Waals surface area contributed by atoms with Crippen molar-refractivity contribution >= 4 is 18.2 Å². The van der Waals surface area contributed by atoms with Gasteiger partial charge in [0.1, 0.15) is 116 Å². The van der Waals surface area contributed by atoms with E-state index in [4.69, 9.17) is 56.8 Å². The number of allylic oxidation sites excluding steroid dienone is 2. The zero-order valence-corrected chi connectivity index (χ0v) is 53.7. The molecule has 6 aliphatic heterocycles. The van der Waals surface area contributed by atoms with Crippen molar-refractivity contribution in [2.24, 2.45) is 50.2 Å². The molecule has 0 bridgehead atoms. The highest BCUT2D eigenvalue weighted by atomic mass is 16.8. The Balaban J connectivity index is 0.791. The van der Waals surface area contributed by atoms with Crippen molar-refractivity contribution in [3.8, 4) is 0 Å². The van der Waals surface area contributed by atoms with Gasteiger partial charge in [-0.1, -0.05) is 53.2 Å². The minimum absolute atomic E-state index is 0.0356. The Morgan fingerprint density at radius 3 is 1.77 bits per heavy atom. The second-order valence-corrected chi connectivity index (χ2v) is 30.2. The normalized spacial score (nSPS) is 54.4. The second-order valence-electron chi connectivity index (χ2n) is 30.2. The molecule has 5 aliphatic carbocycles. The number of aliphatic carboxylic acids is 1. The molecule has 0 aromatic carbocycles. The standard InChI is InChI=1S/C63H98O31/c1-24-45(89-52-44(79)46(29(68)22-84-52)90-51-41(76)34(69)27(66)20-83-51)40(75)43(78)53(86-24)92-48-35(70)28(67)21-85-55(48)94-57(82)63-16-14-58(2,3)18-26(63)25-8-9-32-59(4)12-11-33(60(5,23-65)31(59)10-13-62(32,7)61(25,6)15-17-63)88-56-49(39(74)38(73)47(91-56)50(80)81)93-54-42(77)37(72)36(71)30(19-64)87-54/h8,23-24,26-49,51-56,64,66-79H,9-22H2,1-7H3,(H,80,81)/t24-,26?,27+,28-,29+,30-,31?,32?,33+,34+,35+,36+,37+,38+,39+,40+,41-,42-,43-,44-,45+,46+,47+,48-,49-,51+,52+,53+,54+,55+,56-,59+,60+,61-,62-,63+/m1/s1. The van der Waals surface area contributed by atoms with E-state index in [1.54, 1.807) is 6.92 Å². The molecule has 0 aromatic heterocycles. The van der Waals surface area contributed by atoms with Gasteiger partial charge in [-0.2, -0.15) is 0 Å². The fraction of sp³-hybridized carbons (Fsp3) is 0.921. The molecule has 0 amide bonds. The van der Waals surface area contributed by atoms with E-state index < -0.39 is 237 Å². The molecule has 0 aromatic rings. The second kappa shape index (κ2) is 27.0. The lowest BCUT2D eigenvalue weighted by Crippen LogP contribution is -2.68. The van der Waals surface area contributed by atoms with E-state index >= 15 is 4.79 Å². The van der Waals surface area contributed by atoms with E-state index in [2.05, 4.69) is 40.7 Å². The molecule has 4 saturated carbocycles. The van der Waals surface area contributed by atoms with Crippen LogP contribution in [0.5, 0.6) is 0 Å². The van der Waals surface area contributed by atoms with Crippen LogP contribution in [0.1, 0.15) is 113 Å². The number of hydrogen-bond donors (Lipinski definition) is 16. The van der Waals surface area contributed by atoms with Crippen LogP contribution < -0.4 is 0 Å². The summed E-state index contributed by atoms with van der Waals surface area (Å²) in [6, 6.07) is 0. The number of hydrogen-bond acceptors (Lipinski definition) is 30. The maximum Gasteiger partial charge on any atom is 0.335 e. The molecule has 11 rings (SSSR count). The van der Waals surface area contributed by atoms with Crippen LogP contribution in [0.2, 0.25) is 0 Å². The molecular formula is C63H98O31. The highest BCUT2D eigenvalue weighted by Gasteiger charge is 2.71. The van der Waals surface area contributed by atoms with Crippen molar-refractivity contribution in [1.29, 1.82) is 0 Å². The number of ether oxygens (including phenoxy) is 12. The van der Waals surface area contributed by atoms with E-state index in [-0.39, 0.29) is 29.6 Å². The Labute approximate surface area is 542 Å². The van der Waals surface area contributed by atoms with E-state index in [9.17, 15) is 91.3 Å². The molecule has 0 radical (unpaired) electrons. The third-order valence-electron chi connectivity index (χ3n) is 24.4. The number of carboxylic acid groups (broad SMARTS) is 1. The van der Waals surface area contributed by atoms with Crippen LogP contribution in [0.25, 0.3) is 0 Å². The average molecular weight is 1350 g/mol. The van der Waals surface area contributed by atoms with Crippen LogP contribution in [0.3, 0.4) is 0 Å². The molecule has 16 N–H and O–H groups in total. The van der Waals surface area contributed by atoms with Gasteiger partial charge in [0.05, 0.1) is 49.5 Å². The number of fused-ring (bicyclic) bond motifs is 7.